The predicted octanol–water partition coefficient (Wildman–Crippen LogP) is 14.5. The van der Waals surface area contributed by atoms with Gasteiger partial charge in [-0.05, 0) is 64.2 Å². The second kappa shape index (κ2) is 45.6. The molecule has 0 saturated heterocycles. The van der Waals surface area contributed by atoms with Crippen molar-refractivity contribution in [3.05, 3.63) is 60.8 Å². The van der Waals surface area contributed by atoms with E-state index >= 15 is 0 Å². The number of esters is 1. The van der Waals surface area contributed by atoms with Crippen molar-refractivity contribution >= 4 is 11.9 Å². The molecule has 0 radical (unpaired) electrons. The molecule has 0 aliphatic heterocycles. The molecule has 3 atom stereocenters. The molecule has 58 heavy (non-hydrogen) atoms. The van der Waals surface area contributed by atoms with Crippen molar-refractivity contribution in [3.8, 4) is 0 Å². The van der Waals surface area contributed by atoms with Crippen LogP contribution < -0.4 is 5.32 Å². The van der Waals surface area contributed by atoms with Gasteiger partial charge >= 0.3 is 5.97 Å². The van der Waals surface area contributed by atoms with Gasteiger partial charge in [0.05, 0.1) is 25.2 Å². The highest BCUT2D eigenvalue weighted by atomic mass is 16.5. The number of unbranched alkanes of at least 4 members (excludes halogenated alkanes) is 24. The molecule has 0 aromatic rings. The third-order valence-electron chi connectivity index (χ3n) is 10.9. The van der Waals surface area contributed by atoms with Crippen LogP contribution in [0, 0.1) is 0 Å². The Morgan fingerprint density at radius 1 is 0.517 bits per heavy atom. The fourth-order valence-electron chi connectivity index (χ4n) is 7.21. The molecule has 0 aliphatic rings. The van der Waals surface area contributed by atoms with Crippen molar-refractivity contribution in [2.24, 2.45) is 0 Å². The van der Waals surface area contributed by atoms with Gasteiger partial charge in [0.1, 0.15) is 6.10 Å². The van der Waals surface area contributed by atoms with E-state index in [0.29, 0.717) is 19.3 Å². The third kappa shape index (κ3) is 40.3. The summed E-state index contributed by atoms with van der Waals surface area (Å²) in [4.78, 5) is 26.0. The van der Waals surface area contributed by atoms with Gasteiger partial charge in [-0.1, -0.05) is 216 Å². The van der Waals surface area contributed by atoms with Crippen LogP contribution >= 0.6 is 0 Å². The number of carbonyl (C=O) groups is 2. The number of ether oxygens (including phenoxy) is 1. The molecule has 0 aliphatic carbocycles. The fourth-order valence-corrected chi connectivity index (χ4v) is 7.21. The number of rotatable bonds is 43. The van der Waals surface area contributed by atoms with Gasteiger partial charge in [0.2, 0.25) is 5.91 Å². The Morgan fingerprint density at radius 2 is 0.966 bits per heavy atom. The Bertz CT molecular complexity index is 1050. The Kier molecular flexibility index (Phi) is 43.7. The van der Waals surface area contributed by atoms with Crippen LogP contribution in [-0.2, 0) is 14.3 Å². The molecule has 0 heterocycles. The number of carbonyl (C=O) groups excluding carboxylic acids is 2. The maximum Gasteiger partial charge on any atom is 0.306 e. The SMILES string of the molecule is CC/C=C/C=C/C=C\C=C/CCCCCC(=O)OC(CCC/C=C\CCCCCCCC)CC(=O)NC(CO)C(O)CCCCCCCCCCCCCCCCC. The number of aliphatic hydroxyl groups excluding tert-OH is 2. The average Bonchev–Trinajstić information content (AvgIpc) is 3.22. The van der Waals surface area contributed by atoms with E-state index in [2.05, 4.69) is 56.5 Å². The molecule has 0 spiro atoms. The van der Waals surface area contributed by atoms with Gasteiger partial charge in [0, 0.05) is 6.42 Å². The van der Waals surface area contributed by atoms with Crippen LogP contribution in [0.4, 0.5) is 0 Å². The summed E-state index contributed by atoms with van der Waals surface area (Å²) in [6.07, 6.45) is 55.7. The Labute approximate surface area is 358 Å². The van der Waals surface area contributed by atoms with Gasteiger partial charge < -0.3 is 20.3 Å². The minimum absolute atomic E-state index is 0.0395. The highest BCUT2D eigenvalue weighted by Crippen LogP contribution is 2.17. The highest BCUT2D eigenvalue weighted by Gasteiger charge is 2.24. The van der Waals surface area contributed by atoms with Crippen LogP contribution in [0.25, 0.3) is 0 Å². The Hall–Kier alpha value is -2.44. The molecule has 3 unspecified atom stereocenters. The number of nitrogens with one attached hydrogen (secondary N) is 1. The van der Waals surface area contributed by atoms with Crippen molar-refractivity contribution in [3.63, 3.8) is 0 Å². The number of amides is 1. The zero-order chi connectivity index (χ0) is 42.4. The van der Waals surface area contributed by atoms with E-state index in [-0.39, 0.29) is 24.9 Å². The molecule has 0 saturated carbocycles. The van der Waals surface area contributed by atoms with E-state index in [0.717, 1.165) is 70.6 Å². The lowest BCUT2D eigenvalue weighted by molar-refractivity contribution is -0.151. The number of hydrogen-bond acceptors (Lipinski definition) is 5. The van der Waals surface area contributed by atoms with Crippen molar-refractivity contribution in [2.45, 2.75) is 251 Å². The Morgan fingerprint density at radius 3 is 1.50 bits per heavy atom. The van der Waals surface area contributed by atoms with Crippen LogP contribution in [0.5, 0.6) is 0 Å². The van der Waals surface area contributed by atoms with E-state index in [4.69, 9.17) is 4.74 Å². The molecule has 0 rings (SSSR count). The van der Waals surface area contributed by atoms with Crippen LogP contribution in [0.2, 0.25) is 0 Å². The van der Waals surface area contributed by atoms with Gasteiger partial charge in [-0.2, -0.15) is 0 Å². The molecule has 1 amide bonds. The van der Waals surface area contributed by atoms with Crippen LogP contribution in [0.3, 0.4) is 0 Å². The van der Waals surface area contributed by atoms with Gasteiger partial charge in [0.25, 0.3) is 0 Å². The second-order valence-electron chi connectivity index (χ2n) is 16.6. The molecular weight excluding hydrogens is 719 g/mol. The summed E-state index contributed by atoms with van der Waals surface area (Å²) in [6, 6.07) is -0.718. The number of hydrogen-bond donors (Lipinski definition) is 3. The second-order valence-corrected chi connectivity index (χ2v) is 16.6. The normalized spacial score (nSPS) is 13.8. The molecule has 0 aromatic carbocycles. The van der Waals surface area contributed by atoms with E-state index < -0.39 is 18.2 Å². The first-order valence-electron chi connectivity index (χ1n) is 24.6. The van der Waals surface area contributed by atoms with Gasteiger partial charge in [-0.3, -0.25) is 9.59 Å². The Balaban J connectivity index is 4.61. The smallest absolute Gasteiger partial charge is 0.306 e. The largest absolute Gasteiger partial charge is 0.462 e. The monoisotopic (exact) mass is 812 g/mol. The van der Waals surface area contributed by atoms with E-state index in [1.54, 1.807) is 0 Å². The molecule has 3 N–H and O–H groups in total. The topological polar surface area (TPSA) is 95.9 Å². The van der Waals surface area contributed by atoms with E-state index in [9.17, 15) is 19.8 Å². The standard InChI is InChI=1S/C52H93NO5/c1-4-7-10-13-16-19-22-24-25-27-29-32-35-38-41-44-50(55)49(47-54)53-51(56)46-48(43-40-37-34-31-28-21-18-15-12-9-6-3)58-52(57)45-42-39-36-33-30-26-23-20-17-14-11-8-5-2/h8,11,14,17,20,23,26,30-31,34,48-50,54-55H,4-7,9-10,12-13,15-16,18-19,21-22,24-25,27-29,32-33,35-47H2,1-3H3,(H,53,56)/b11-8+,17-14+,23-20-,30-26-,34-31-. The zero-order valence-electron chi connectivity index (χ0n) is 38.2. The average molecular weight is 812 g/mol. The highest BCUT2D eigenvalue weighted by molar-refractivity contribution is 5.77. The summed E-state index contributed by atoms with van der Waals surface area (Å²) in [5.41, 5.74) is 0. The van der Waals surface area contributed by atoms with Gasteiger partial charge in [0.15, 0.2) is 0 Å². The van der Waals surface area contributed by atoms with Crippen LogP contribution in [0.1, 0.15) is 233 Å². The summed E-state index contributed by atoms with van der Waals surface area (Å²) in [5.74, 6) is -0.550. The maximum atomic E-state index is 13.2. The van der Waals surface area contributed by atoms with Crippen LogP contribution in [-0.4, -0.2) is 46.9 Å². The number of allylic oxidation sites excluding steroid dienone is 10. The molecular formula is C52H93NO5. The van der Waals surface area contributed by atoms with Gasteiger partial charge in [-0.15, -0.1) is 0 Å². The lowest BCUT2D eigenvalue weighted by atomic mass is 10.0. The summed E-state index contributed by atoms with van der Waals surface area (Å²) >= 11 is 0. The summed E-state index contributed by atoms with van der Waals surface area (Å²) in [5, 5.41) is 23.7. The van der Waals surface area contributed by atoms with E-state index in [1.807, 2.05) is 30.4 Å². The molecule has 0 aromatic heterocycles. The molecule has 336 valence electrons. The predicted molar refractivity (Wildman–Crippen MR) is 250 cm³/mol. The first-order valence-corrected chi connectivity index (χ1v) is 24.6. The van der Waals surface area contributed by atoms with Crippen molar-refractivity contribution in [1.82, 2.24) is 5.32 Å². The minimum atomic E-state index is -0.801. The van der Waals surface area contributed by atoms with Crippen molar-refractivity contribution in [2.75, 3.05) is 6.61 Å². The minimum Gasteiger partial charge on any atom is -0.462 e. The first kappa shape index (κ1) is 55.6. The van der Waals surface area contributed by atoms with Crippen LogP contribution in [0.15, 0.2) is 60.8 Å². The summed E-state index contributed by atoms with van der Waals surface area (Å²) in [7, 11) is 0. The zero-order valence-corrected chi connectivity index (χ0v) is 38.2. The van der Waals surface area contributed by atoms with Gasteiger partial charge in [-0.25, -0.2) is 0 Å². The summed E-state index contributed by atoms with van der Waals surface area (Å²) < 4.78 is 5.87. The molecule has 6 nitrogen and oxygen atoms in total. The molecule has 6 heteroatoms. The summed E-state index contributed by atoms with van der Waals surface area (Å²) in [6.45, 7) is 6.31. The lowest BCUT2D eigenvalue weighted by Gasteiger charge is -2.24. The number of aliphatic hydroxyl groups is 2. The first-order chi connectivity index (χ1) is 28.5. The quantitative estimate of drug-likeness (QED) is 0.0247. The maximum absolute atomic E-state index is 13.2. The third-order valence-corrected chi connectivity index (χ3v) is 10.9. The van der Waals surface area contributed by atoms with Crippen molar-refractivity contribution < 1.29 is 24.5 Å². The lowest BCUT2D eigenvalue weighted by Crippen LogP contribution is -2.46. The van der Waals surface area contributed by atoms with Crippen molar-refractivity contribution in [1.29, 1.82) is 0 Å². The van der Waals surface area contributed by atoms with E-state index in [1.165, 1.54) is 116 Å². The fraction of sp³-hybridized carbons (Fsp3) is 0.769. The molecule has 0 bridgehead atoms. The molecule has 0 fully saturated rings.